The quantitative estimate of drug-likeness (QED) is 0.695. The molecule has 6 nitrogen and oxygen atoms in total. The molecule has 2 unspecified atom stereocenters. The number of halogens is 1. The molecule has 1 heterocycles. The summed E-state index contributed by atoms with van der Waals surface area (Å²) in [5.41, 5.74) is 5.73. The molecule has 0 fully saturated rings. The molecule has 0 aliphatic carbocycles. The van der Waals surface area contributed by atoms with Gasteiger partial charge < -0.3 is 16.2 Å². The second-order valence-corrected chi connectivity index (χ2v) is 4.16. The van der Waals surface area contributed by atoms with Crippen molar-refractivity contribution in [3.63, 3.8) is 0 Å². The van der Waals surface area contributed by atoms with Crippen molar-refractivity contribution in [1.82, 2.24) is 9.78 Å². The summed E-state index contributed by atoms with van der Waals surface area (Å²) in [7, 11) is 0. The highest BCUT2D eigenvalue weighted by Gasteiger charge is 2.12. The molecular formula is C10H17ClN4O2. The maximum atomic E-state index is 11.6. The van der Waals surface area contributed by atoms with Gasteiger partial charge in [0.15, 0.2) is 0 Å². The topological polar surface area (TPSA) is 93.2 Å². The van der Waals surface area contributed by atoms with E-state index in [1.54, 1.807) is 13.8 Å². The van der Waals surface area contributed by atoms with Crippen molar-refractivity contribution >= 4 is 17.3 Å². The van der Waals surface area contributed by atoms with Gasteiger partial charge in [-0.3, -0.25) is 4.79 Å². The summed E-state index contributed by atoms with van der Waals surface area (Å²) in [6.45, 7) is 4.18. The Morgan fingerprint density at radius 3 is 2.88 bits per heavy atom. The maximum absolute atomic E-state index is 11.6. The largest absolute Gasteiger partial charge is 0.392 e. The molecule has 1 aromatic rings. The molecule has 0 aromatic carbocycles. The number of nitrogens with two attached hydrogens (primary N) is 1. The molecule has 4 N–H and O–H groups in total. The third-order valence-electron chi connectivity index (χ3n) is 2.43. The molecule has 1 rings (SSSR count). The summed E-state index contributed by atoms with van der Waals surface area (Å²) in [4.78, 5) is 11.6. The number of hydrogen-bond donors (Lipinski definition) is 3. The first-order chi connectivity index (χ1) is 7.97. The summed E-state index contributed by atoms with van der Waals surface area (Å²) >= 11 is 5.90. The van der Waals surface area contributed by atoms with Crippen LogP contribution in [0.2, 0.25) is 5.02 Å². The summed E-state index contributed by atoms with van der Waals surface area (Å²) < 4.78 is 1.27. The Morgan fingerprint density at radius 1 is 1.71 bits per heavy atom. The Balaban J connectivity index is 2.80. The van der Waals surface area contributed by atoms with E-state index in [9.17, 15) is 9.90 Å². The van der Waals surface area contributed by atoms with Gasteiger partial charge in [0.25, 0.3) is 5.56 Å². The lowest BCUT2D eigenvalue weighted by Crippen LogP contribution is -2.39. The first-order valence-electron chi connectivity index (χ1n) is 5.40. The first kappa shape index (κ1) is 14.0. The highest BCUT2D eigenvalue weighted by atomic mass is 35.5. The minimum absolute atomic E-state index is 0.0830. The Hall–Kier alpha value is -1.11. The summed E-state index contributed by atoms with van der Waals surface area (Å²) in [6, 6.07) is -0.431. The van der Waals surface area contributed by atoms with E-state index in [1.807, 2.05) is 0 Å². The smallest absolute Gasteiger partial charge is 0.287 e. The van der Waals surface area contributed by atoms with E-state index in [4.69, 9.17) is 17.3 Å². The van der Waals surface area contributed by atoms with Gasteiger partial charge >= 0.3 is 0 Å². The zero-order valence-corrected chi connectivity index (χ0v) is 10.6. The number of aliphatic hydroxyl groups is 1. The van der Waals surface area contributed by atoms with E-state index in [0.29, 0.717) is 18.8 Å². The number of anilines is 1. The van der Waals surface area contributed by atoms with Gasteiger partial charge in [0.1, 0.15) is 5.02 Å². The fraction of sp³-hybridized carbons (Fsp3) is 0.600. The maximum Gasteiger partial charge on any atom is 0.287 e. The van der Waals surface area contributed by atoms with Crippen LogP contribution in [0.4, 0.5) is 5.69 Å². The summed E-state index contributed by atoms with van der Waals surface area (Å²) in [5.74, 6) is 0. The molecule has 17 heavy (non-hydrogen) atoms. The second kappa shape index (κ2) is 6.00. The molecular weight excluding hydrogens is 244 g/mol. The van der Waals surface area contributed by atoms with Crippen molar-refractivity contribution in [3.8, 4) is 0 Å². The van der Waals surface area contributed by atoms with Gasteiger partial charge in [-0.05, 0) is 13.8 Å². The lowest BCUT2D eigenvalue weighted by Gasteiger charge is -2.16. The molecule has 0 radical (unpaired) electrons. The van der Waals surface area contributed by atoms with E-state index < -0.39 is 12.1 Å². The van der Waals surface area contributed by atoms with Crippen LogP contribution in [0, 0.1) is 0 Å². The number of aryl methyl sites for hydroxylation is 1. The molecule has 0 amide bonds. The summed E-state index contributed by atoms with van der Waals surface area (Å²) in [5, 5.41) is 16.1. The van der Waals surface area contributed by atoms with Gasteiger partial charge in [0, 0.05) is 19.1 Å². The van der Waals surface area contributed by atoms with Crippen LogP contribution in [-0.4, -0.2) is 33.6 Å². The molecule has 0 bridgehead atoms. The predicted molar refractivity (Wildman–Crippen MR) is 67.3 cm³/mol. The summed E-state index contributed by atoms with van der Waals surface area (Å²) in [6.07, 6.45) is 0.840. The van der Waals surface area contributed by atoms with E-state index in [0.717, 1.165) is 0 Å². The third-order valence-corrected chi connectivity index (χ3v) is 2.80. The van der Waals surface area contributed by atoms with Crippen molar-refractivity contribution in [2.75, 3.05) is 11.9 Å². The van der Waals surface area contributed by atoms with Crippen molar-refractivity contribution < 1.29 is 5.11 Å². The Labute approximate surface area is 104 Å². The molecule has 0 saturated carbocycles. The number of nitrogens with zero attached hydrogens (tertiary/aromatic N) is 2. The van der Waals surface area contributed by atoms with Crippen molar-refractivity contribution in [2.24, 2.45) is 5.73 Å². The molecule has 0 aliphatic rings. The fourth-order valence-corrected chi connectivity index (χ4v) is 1.43. The van der Waals surface area contributed by atoms with Gasteiger partial charge in [-0.1, -0.05) is 11.6 Å². The van der Waals surface area contributed by atoms with E-state index in [1.165, 1.54) is 10.9 Å². The van der Waals surface area contributed by atoms with Crippen molar-refractivity contribution in [2.45, 2.75) is 32.5 Å². The molecule has 1 aromatic heterocycles. The van der Waals surface area contributed by atoms with Gasteiger partial charge in [0.05, 0.1) is 18.0 Å². The molecule has 0 spiro atoms. The Bertz CT molecular complexity index is 433. The zero-order valence-electron chi connectivity index (χ0n) is 9.85. The van der Waals surface area contributed by atoms with Crippen LogP contribution in [0.3, 0.4) is 0 Å². The molecule has 2 atom stereocenters. The van der Waals surface area contributed by atoms with Crippen LogP contribution in [-0.2, 0) is 6.54 Å². The number of aliphatic hydroxyl groups excluding tert-OH is 1. The Morgan fingerprint density at radius 2 is 2.35 bits per heavy atom. The standard InChI is InChI=1S/C10H17ClN4O2/c1-3-15-10(17)9(11)8(5-14-15)13-4-7(12)6(2)16/h5-7,13,16H,3-4,12H2,1-2H3. The molecule has 7 heteroatoms. The normalized spacial score (nSPS) is 14.4. The SMILES string of the molecule is CCn1ncc(NCC(N)C(C)O)c(Cl)c1=O. The molecule has 0 saturated heterocycles. The van der Waals surface area contributed by atoms with Crippen molar-refractivity contribution in [3.05, 3.63) is 21.6 Å². The minimum Gasteiger partial charge on any atom is -0.392 e. The zero-order chi connectivity index (χ0) is 13.0. The van der Waals surface area contributed by atoms with Crippen LogP contribution in [0.25, 0.3) is 0 Å². The van der Waals surface area contributed by atoms with Crippen LogP contribution in [0.1, 0.15) is 13.8 Å². The lowest BCUT2D eigenvalue weighted by atomic mass is 10.2. The van der Waals surface area contributed by atoms with E-state index in [2.05, 4.69) is 10.4 Å². The van der Waals surface area contributed by atoms with Gasteiger partial charge in [-0.25, -0.2) is 4.68 Å². The van der Waals surface area contributed by atoms with E-state index >= 15 is 0 Å². The van der Waals surface area contributed by atoms with Gasteiger partial charge in [-0.15, -0.1) is 0 Å². The Kier molecular flexibility index (Phi) is 4.92. The monoisotopic (exact) mass is 260 g/mol. The predicted octanol–water partition coefficient (Wildman–Crippen LogP) is 0.0366. The van der Waals surface area contributed by atoms with E-state index in [-0.39, 0.29) is 10.6 Å². The van der Waals surface area contributed by atoms with Gasteiger partial charge in [0.2, 0.25) is 0 Å². The van der Waals surface area contributed by atoms with Crippen LogP contribution >= 0.6 is 11.6 Å². The minimum atomic E-state index is -0.634. The highest BCUT2D eigenvalue weighted by molar-refractivity contribution is 6.32. The fourth-order valence-electron chi connectivity index (χ4n) is 1.21. The average Bonchev–Trinajstić information content (AvgIpc) is 2.30. The first-order valence-corrected chi connectivity index (χ1v) is 5.78. The van der Waals surface area contributed by atoms with Crippen LogP contribution in [0.5, 0.6) is 0 Å². The lowest BCUT2D eigenvalue weighted by molar-refractivity contribution is 0.168. The third kappa shape index (κ3) is 3.42. The number of rotatable bonds is 5. The van der Waals surface area contributed by atoms with Crippen LogP contribution in [0.15, 0.2) is 11.0 Å². The number of hydrogen-bond acceptors (Lipinski definition) is 5. The second-order valence-electron chi connectivity index (χ2n) is 3.78. The van der Waals surface area contributed by atoms with Crippen LogP contribution < -0.4 is 16.6 Å². The van der Waals surface area contributed by atoms with Crippen molar-refractivity contribution in [1.29, 1.82) is 0 Å². The number of nitrogens with one attached hydrogen (secondary N) is 1. The highest BCUT2D eigenvalue weighted by Crippen LogP contribution is 2.14. The molecule has 0 aliphatic heterocycles. The average molecular weight is 261 g/mol. The van der Waals surface area contributed by atoms with Gasteiger partial charge in [-0.2, -0.15) is 5.10 Å². The molecule has 96 valence electrons. The number of aromatic nitrogens is 2.